The zero-order chi connectivity index (χ0) is 25.2. The molecular formula is C25H23N5O5S. The van der Waals surface area contributed by atoms with Crippen LogP contribution in [0.5, 0.6) is 5.88 Å². The smallest absolute Gasteiger partial charge is 0.414 e. The Kier molecular flexibility index (Phi) is 6.47. The maximum atomic E-state index is 12.8. The summed E-state index contributed by atoms with van der Waals surface area (Å²) < 4.78 is 10.7. The first-order chi connectivity index (χ1) is 17.4. The molecule has 1 N–H and O–H groups in total. The SMILES string of the molecule is COc1ccc2nccc(C=CC(=O)N(C)C[C@H]3CN(c4ccc5c(c4)NC(=O)CS5)C(=O)O3)c2n1. The number of nitrogens with one attached hydrogen (secondary N) is 1. The summed E-state index contributed by atoms with van der Waals surface area (Å²) in [5.41, 5.74) is 3.36. The molecule has 0 radical (unpaired) electrons. The lowest BCUT2D eigenvalue weighted by atomic mass is 10.2. The molecule has 10 nitrogen and oxygen atoms in total. The maximum Gasteiger partial charge on any atom is 0.414 e. The number of anilines is 2. The number of carbonyl (C=O) groups excluding carboxylic acids is 3. The molecule has 1 aromatic carbocycles. The van der Waals surface area contributed by atoms with Gasteiger partial charge in [-0.15, -0.1) is 11.8 Å². The summed E-state index contributed by atoms with van der Waals surface area (Å²) in [6.45, 7) is 0.519. The highest BCUT2D eigenvalue weighted by Crippen LogP contribution is 2.35. The molecule has 2 aromatic heterocycles. The Morgan fingerprint density at radius 1 is 1.31 bits per heavy atom. The quantitative estimate of drug-likeness (QED) is 0.508. The lowest BCUT2D eigenvalue weighted by Crippen LogP contribution is -2.35. The number of hydrogen-bond acceptors (Lipinski definition) is 8. The summed E-state index contributed by atoms with van der Waals surface area (Å²) in [5.74, 6) is 0.512. The molecule has 0 saturated carbocycles. The van der Waals surface area contributed by atoms with Crippen molar-refractivity contribution in [1.82, 2.24) is 14.9 Å². The second kappa shape index (κ2) is 9.86. The molecule has 3 amide bonds. The van der Waals surface area contributed by atoms with Crippen LogP contribution in [0.1, 0.15) is 5.56 Å². The van der Waals surface area contributed by atoms with Crippen LogP contribution < -0.4 is 15.0 Å². The zero-order valence-corrected chi connectivity index (χ0v) is 20.4. The van der Waals surface area contributed by atoms with Crippen molar-refractivity contribution in [2.45, 2.75) is 11.0 Å². The van der Waals surface area contributed by atoms with Crippen LogP contribution in [-0.2, 0) is 14.3 Å². The monoisotopic (exact) mass is 505 g/mol. The molecule has 36 heavy (non-hydrogen) atoms. The van der Waals surface area contributed by atoms with Gasteiger partial charge in [-0.05, 0) is 36.4 Å². The normalized spacial score (nSPS) is 17.2. The Morgan fingerprint density at radius 3 is 3.00 bits per heavy atom. The first-order valence-corrected chi connectivity index (χ1v) is 12.2. The minimum Gasteiger partial charge on any atom is -0.481 e. The number of pyridine rings is 2. The van der Waals surface area contributed by atoms with Gasteiger partial charge in [0.15, 0.2) is 0 Å². The molecule has 0 spiro atoms. The van der Waals surface area contributed by atoms with Gasteiger partial charge < -0.3 is 19.7 Å². The molecule has 3 aromatic rings. The summed E-state index contributed by atoms with van der Waals surface area (Å²) in [4.78, 5) is 49.7. The van der Waals surface area contributed by atoms with E-state index in [1.807, 2.05) is 18.2 Å². The first kappa shape index (κ1) is 23.6. The average molecular weight is 506 g/mol. The van der Waals surface area contributed by atoms with E-state index in [-0.39, 0.29) is 18.4 Å². The summed E-state index contributed by atoms with van der Waals surface area (Å²) >= 11 is 1.46. The first-order valence-electron chi connectivity index (χ1n) is 11.2. The Bertz CT molecular complexity index is 1390. The standard InChI is InChI=1S/C25H23N5O5S/c1-29(23(32)8-3-15-9-10-26-18-5-7-22(34-2)28-24(15)18)12-17-13-30(25(33)35-17)16-4-6-20-19(11-16)27-21(31)14-36-20/h3-11,17H,12-14H2,1-2H3,(H,27,31)/t17-/m0/s1. The fourth-order valence-corrected chi connectivity index (χ4v) is 4.81. The predicted molar refractivity (Wildman–Crippen MR) is 136 cm³/mol. The number of benzene rings is 1. The molecular weight excluding hydrogens is 482 g/mol. The van der Waals surface area contributed by atoms with Gasteiger partial charge in [-0.2, -0.15) is 0 Å². The minimum atomic E-state index is -0.493. The molecule has 5 rings (SSSR count). The van der Waals surface area contributed by atoms with Crippen LogP contribution >= 0.6 is 11.8 Å². The average Bonchev–Trinajstić information content (AvgIpc) is 3.25. The molecule has 1 fully saturated rings. The third-order valence-corrected chi connectivity index (χ3v) is 6.91. The second-order valence-corrected chi connectivity index (χ2v) is 9.32. The van der Waals surface area contributed by atoms with Crippen LogP contribution in [0.25, 0.3) is 17.1 Å². The van der Waals surface area contributed by atoms with Gasteiger partial charge in [-0.25, -0.2) is 9.78 Å². The van der Waals surface area contributed by atoms with E-state index in [2.05, 4.69) is 15.3 Å². The number of rotatable bonds is 6. The van der Waals surface area contributed by atoms with Gasteiger partial charge >= 0.3 is 6.09 Å². The number of nitrogens with zero attached hydrogens (tertiary/aromatic N) is 4. The summed E-state index contributed by atoms with van der Waals surface area (Å²) in [6.07, 6.45) is 3.81. The molecule has 2 aliphatic rings. The van der Waals surface area contributed by atoms with Gasteiger partial charge in [0.25, 0.3) is 0 Å². The zero-order valence-electron chi connectivity index (χ0n) is 19.6. The largest absolute Gasteiger partial charge is 0.481 e. The van der Waals surface area contributed by atoms with Crippen molar-refractivity contribution in [2.24, 2.45) is 0 Å². The van der Waals surface area contributed by atoms with Gasteiger partial charge in [-0.3, -0.25) is 19.5 Å². The van der Waals surface area contributed by atoms with Gasteiger partial charge in [0.1, 0.15) is 6.10 Å². The molecule has 11 heteroatoms. The van der Waals surface area contributed by atoms with E-state index in [9.17, 15) is 14.4 Å². The van der Waals surface area contributed by atoms with E-state index in [1.54, 1.807) is 37.5 Å². The van der Waals surface area contributed by atoms with Crippen LogP contribution in [0.2, 0.25) is 0 Å². The Labute approximate surface area is 211 Å². The van der Waals surface area contributed by atoms with Crippen molar-refractivity contribution >= 4 is 58.2 Å². The van der Waals surface area contributed by atoms with Crippen molar-refractivity contribution in [1.29, 1.82) is 0 Å². The molecule has 2 aliphatic heterocycles. The van der Waals surface area contributed by atoms with Crippen LogP contribution in [0.4, 0.5) is 16.2 Å². The molecule has 4 heterocycles. The molecule has 0 bridgehead atoms. The highest BCUT2D eigenvalue weighted by atomic mass is 32.2. The summed E-state index contributed by atoms with van der Waals surface area (Å²) in [5, 5.41) is 2.83. The van der Waals surface area contributed by atoms with Crippen LogP contribution in [-0.4, -0.2) is 71.9 Å². The highest BCUT2D eigenvalue weighted by Gasteiger charge is 2.34. The maximum absolute atomic E-state index is 12.8. The van der Waals surface area contributed by atoms with E-state index in [1.165, 1.54) is 34.7 Å². The highest BCUT2D eigenvalue weighted by molar-refractivity contribution is 8.00. The fraction of sp³-hybridized carbons (Fsp3) is 0.240. The lowest BCUT2D eigenvalue weighted by molar-refractivity contribution is -0.125. The van der Waals surface area contributed by atoms with Crippen LogP contribution in [0.15, 0.2) is 53.6 Å². The van der Waals surface area contributed by atoms with E-state index >= 15 is 0 Å². The van der Waals surface area contributed by atoms with Gasteiger partial charge in [-0.1, -0.05) is 0 Å². The van der Waals surface area contributed by atoms with Crippen molar-refractivity contribution in [3.05, 3.63) is 54.2 Å². The molecule has 1 atom stereocenters. The lowest BCUT2D eigenvalue weighted by Gasteiger charge is -2.20. The third kappa shape index (κ3) is 4.82. The Balaban J connectivity index is 1.24. The number of likely N-dealkylation sites (N-methyl/N-ethyl adjacent to an activating group) is 1. The Hall–Kier alpha value is -4.12. The number of aromatic nitrogens is 2. The Morgan fingerprint density at radius 2 is 2.17 bits per heavy atom. The topological polar surface area (TPSA) is 114 Å². The van der Waals surface area contributed by atoms with Crippen molar-refractivity contribution in [3.63, 3.8) is 0 Å². The molecule has 1 saturated heterocycles. The molecule has 184 valence electrons. The summed E-state index contributed by atoms with van der Waals surface area (Å²) in [7, 11) is 3.19. The van der Waals surface area contributed by atoms with E-state index < -0.39 is 12.2 Å². The number of methoxy groups -OCH3 is 1. The number of cyclic esters (lactones) is 1. The minimum absolute atomic E-state index is 0.0746. The number of ether oxygens (including phenoxy) is 2. The van der Waals surface area contributed by atoms with E-state index in [0.29, 0.717) is 40.6 Å². The van der Waals surface area contributed by atoms with Crippen LogP contribution in [0, 0.1) is 0 Å². The van der Waals surface area contributed by atoms with E-state index in [4.69, 9.17) is 9.47 Å². The van der Waals surface area contributed by atoms with Crippen molar-refractivity contribution < 1.29 is 23.9 Å². The number of fused-ring (bicyclic) bond motifs is 2. The van der Waals surface area contributed by atoms with Crippen molar-refractivity contribution in [2.75, 3.05) is 43.2 Å². The van der Waals surface area contributed by atoms with Crippen molar-refractivity contribution in [3.8, 4) is 5.88 Å². The summed E-state index contributed by atoms with van der Waals surface area (Å²) in [6, 6.07) is 10.8. The third-order valence-electron chi connectivity index (χ3n) is 5.84. The van der Waals surface area contributed by atoms with E-state index in [0.717, 1.165) is 10.5 Å². The molecule has 0 unspecified atom stereocenters. The van der Waals surface area contributed by atoms with Gasteiger partial charge in [0.05, 0.1) is 42.7 Å². The predicted octanol–water partition coefficient (Wildman–Crippen LogP) is 3.18. The number of amides is 3. The van der Waals surface area contributed by atoms with Crippen LogP contribution in [0.3, 0.4) is 0 Å². The number of carbonyl (C=O) groups is 3. The second-order valence-electron chi connectivity index (χ2n) is 8.31. The van der Waals surface area contributed by atoms with Gasteiger partial charge in [0, 0.05) is 41.5 Å². The van der Waals surface area contributed by atoms with Gasteiger partial charge in [0.2, 0.25) is 17.7 Å². The molecule has 0 aliphatic carbocycles. The fourth-order valence-electron chi connectivity index (χ4n) is 4.03. The number of hydrogen-bond donors (Lipinski definition) is 1. The number of thioether (sulfide) groups is 1.